The van der Waals surface area contributed by atoms with Crippen LogP contribution in [0.4, 0.5) is 5.69 Å². The van der Waals surface area contributed by atoms with Crippen molar-refractivity contribution in [2.24, 2.45) is 0 Å². The number of halogens is 1. The highest BCUT2D eigenvalue weighted by Crippen LogP contribution is 2.39. The number of benzene rings is 3. The van der Waals surface area contributed by atoms with Gasteiger partial charge in [0, 0.05) is 31.5 Å². The molecular formula is C28H28ClN3O4. The van der Waals surface area contributed by atoms with Gasteiger partial charge in [-0.2, -0.15) is 0 Å². The fourth-order valence-electron chi connectivity index (χ4n) is 4.73. The van der Waals surface area contributed by atoms with Crippen molar-refractivity contribution >= 4 is 34.2 Å². The van der Waals surface area contributed by atoms with Crippen LogP contribution in [0.5, 0.6) is 17.2 Å². The average Bonchev–Trinajstić information content (AvgIpc) is 3.47. The number of rotatable bonds is 9. The van der Waals surface area contributed by atoms with Gasteiger partial charge in [0.1, 0.15) is 23.1 Å². The Kier molecular flexibility index (Phi) is 7.00. The first-order valence-corrected chi connectivity index (χ1v) is 12.3. The van der Waals surface area contributed by atoms with Gasteiger partial charge in [0.2, 0.25) is 5.91 Å². The zero-order valence-corrected chi connectivity index (χ0v) is 21.1. The summed E-state index contributed by atoms with van der Waals surface area (Å²) in [6.07, 6.45) is 1.15. The highest BCUT2D eigenvalue weighted by atomic mass is 35.5. The van der Waals surface area contributed by atoms with Crippen LogP contribution >= 0.6 is 11.6 Å². The lowest BCUT2D eigenvalue weighted by Gasteiger charge is -2.20. The quantitative estimate of drug-likeness (QED) is 0.273. The summed E-state index contributed by atoms with van der Waals surface area (Å²) in [6.45, 7) is 1.75. The Morgan fingerprint density at radius 3 is 2.61 bits per heavy atom. The van der Waals surface area contributed by atoms with Gasteiger partial charge < -0.3 is 23.7 Å². The summed E-state index contributed by atoms with van der Waals surface area (Å²) < 4.78 is 19.0. The molecule has 186 valence electrons. The van der Waals surface area contributed by atoms with Crippen LogP contribution in [0.15, 0.2) is 66.7 Å². The minimum atomic E-state index is -0.0507. The van der Waals surface area contributed by atoms with Crippen LogP contribution in [0, 0.1) is 0 Å². The fraction of sp³-hybridized carbons (Fsp3) is 0.286. The van der Waals surface area contributed by atoms with E-state index in [0.29, 0.717) is 54.1 Å². The third kappa shape index (κ3) is 4.71. The van der Waals surface area contributed by atoms with E-state index in [9.17, 15) is 4.79 Å². The van der Waals surface area contributed by atoms with E-state index in [2.05, 4.69) is 10.6 Å². The van der Waals surface area contributed by atoms with E-state index in [0.717, 1.165) is 23.3 Å². The molecule has 0 bridgehead atoms. The Morgan fingerprint density at radius 2 is 1.81 bits per heavy atom. The fourth-order valence-corrected chi connectivity index (χ4v) is 4.92. The number of anilines is 1. The molecule has 1 unspecified atom stereocenters. The van der Waals surface area contributed by atoms with Gasteiger partial charge in [-0.15, -0.1) is 0 Å². The molecule has 1 aromatic heterocycles. The van der Waals surface area contributed by atoms with Gasteiger partial charge in [-0.1, -0.05) is 35.9 Å². The number of para-hydroxylation sites is 3. The predicted octanol–water partition coefficient (Wildman–Crippen LogP) is 5.70. The van der Waals surface area contributed by atoms with E-state index in [-0.39, 0.29) is 11.8 Å². The van der Waals surface area contributed by atoms with Crippen LogP contribution in [0.25, 0.3) is 11.0 Å². The third-order valence-electron chi connectivity index (χ3n) is 6.47. The molecule has 7 nitrogen and oxygen atoms in total. The molecule has 5 rings (SSSR count). The van der Waals surface area contributed by atoms with Crippen molar-refractivity contribution in [3.8, 4) is 17.2 Å². The second-order valence-electron chi connectivity index (χ2n) is 8.69. The highest BCUT2D eigenvalue weighted by Gasteiger charge is 2.36. The molecular weight excluding hydrogens is 478 g/mol. The Morgan fingerprint density at radius 1 is 1.00 bits per heavy atom. The molecule has 0 N–H and O–H groups in total. The van der Waals surface area contributed by atoms with E-state index < -0.39 is 0 Å². The molecule has 36 heavy (non-hydrogen) atoms. The molecule has 8 heteroatoms. The van der Waals surface area contributed by atoms with E-state index >= 15 is 0 Å². The Labute approximate surface area is 215 Å². The highest BCUT2D eigenvalue weighted by molar-refractivity contribution is 6.32. The Hall–Kier alpha value is -3.71. The number of ether oxygens (including phenoxy) is 3. The van der Waals surface area contributed by atoms with E-state index in [1.54, 1.807) is 19.1 Å². The van der Waals surface area contributed by atoms with Gasteiger partial charge >= 0.3 is 0 Å². The second kappa shape index (κ2) is 10.5. The van der Waals surface area contributed by atoms with Crippen molar-refractivity contribution in [3.63, 3.8) is 0 Å². The van der Waals surface area contributed by atoms with Crippen molar-refractivity contribution in [1.82, 2.24) is 9.55 Å². The van der Waals surface area contributed by atoms with Crippen LogP contribution in [-0.2, 0) is 11.3 Å². The average molecular weight is 506 g/mol. The summed E-state index contributed by atoms with van der Waals surface area (Å²) in [5, 5.41) is 0.601. The molecule has 2 heterocycles. The third-order valence-corrected chi connectivity index (χ3v) is 6.78. The molecule has 4 aromatic rings. The summed E-state index contributed by atoms with van der Waals surface area (Å²) in [6, 6.07) is 21.0. The molecule has 0 saturated carbocycles. The van der Waals surface area contributed by atoms with E-state index in [1.165, 1.54) is 0 Å². The van der Waals surface area contributed by atoms with Crippen LogP contribution in [-0.4, -0.2) is 42.8 Å². The first-order chi connectivity index (χ1) is 17.6. The monoisotopic (exact) mass is 505 g/mol. The molecule has 1 aliphatic heterocycles. The number of carbonyl (C=O) groups excluding carboxylic acids is 1. The smallest absolute Gasteiger partial charge is 0.227 e. The van der Waals surface area contributed by atoms with Crippen LogP contribution in [0.3, 0.4) is 0 Å². The van der Waals surface area contributed by atoms with Gasteiger partial charge in [-0.3, -0.25) is 4.79 Å². The maximum Gasteiger partial charge on any atom is 0.227 e. The Bertz CT molecular complexity index is 1390. The minimum Gasteiger partial charge on any atom is -0.497 e. The van der Waals surface area contributed by atoms with Crippen LogP contribution in [0.1, 0.15) is 24.6 Å². The first kappa shape index (κ1) is 24.0. The molecule has 3 aromatic carbocycles. The molecule has 1 amide bonds. The molecule has 1 fully saturated rings. The lowest BCUT2D eigenvalue weighted by molar-refractivity contribution is -0.117. The van der Waals surface area contributed by atoms with Crippen molar-refractivity contribution in [1.29, 1.82) is 0 Å². The second-order valence-corrected chi connectivity index (χ2v) is 9.09. The summed E-state index contributed by atoms with van der Waals surface area (Å²) in [5.74, 6) is 2.88. The lowest BCUT2D eigenvalue weighted by atomic mass is 10.1. The van der Waals surface area contributed by atoms with E-state index in [1.807, 2.05) is 60.7 Å². The number of methoxy groups -OCH3 is 2. The maximum atomic E-state index is 13.2. The topological polar surface area (TPSA) is 65.8 Å². The number of hydrogen-bond donors (Lipinski definition) is 0. The minimum absolute atomic E-state index is 0.0345. The van der Waals surface area contributed by atoms with Crippen LogP contribution < -0.4 is 19.1 Å². The summed E-state index contributed by atoms with van der Waals surface area (Å²) in [7, 11) is 3.21. The zero-order chi connectivity index (χ0) is 25.1. The number of fused-ring (bicyclic) bond motifs is 1. The number of hydrogen-bond acceptors (Lipinski definition) is 5. The van der Waals surface area contributed by atoms with Crippen molar-refractivity contribution < 1.29 is 19.0 Å². The van der Waals surface area contributed by atoms with Crippen molar-refractivity contribution in [3.05, 3.63) is 77.6 Å². The first-order valence-electron chi connectivity index (χ1n) is 11.9. The van der Waals surface area contributed by atoms with Gasteiger partial charge in [-0.05, 0) is 42.8 Å². The van der Waals surface area contributed by atoms with Gasteiger partial charge in [0.05, 0.1) is 42.6 Å². The number of imidazole rings is 1. The van der Waals surface area contributed by atoms with E-state index in [4.69, 9.17) is 30.8 Å². The Balaban J connectivity index is 1.38. The molecule has 1 atom stereocenters. The number of amides is 1. The summed E-state index contributed by atoms with van der Waals surface area (Å²) in [5.41, 5.74) is 2.68. The largest absolute Gasteiger partial charge is 0.497 e. The number of carbonyl (C=O) groups is 1. The van der Waals surface area contributed by atoms with Gasteiger partial charge in [0.25, 0.3) is 0 Å². The number of nitrogens with zero attached hydrogens (tertiary/aromatic N) is 3. The SMILES string of the molecule is COc1ccc(OC)c(N2CC(c3nc4ccccc4n3CCCOc3ccccc3Cl)CC2=O)c1. The standard InChI is InChI=1S/C28H28ClN3O4/c1-34-20-12-13-26(35-2)24(17-20)32-18-19(16-27(32)33)28-30-22-9-4-5-10-23(22)31(28)14-7-15-36-25-11-6-3-8-21(25)29/h3-6,8-13,17,19H,7,14-16,18H2,1-2H3. The lowest BCUT2D eigenvalue weighted by Crippen LogP contribution is -2.25. The molecule has 1 saturated heterocycles. The van der Waals surface area contributed by atoms with Crippen LogP contribution in [0.2, 0.25) is 5.02 Å². The van der Waals surface area contributed by atoms with Gasteiger partial charge in [-0.25, -0.2) is 4.98 Å². The van der Waals surface area contributed by atoms with Crippen molar-refractivity contribution in [2.75, 3.05) is 32.3 Å². The normalized spacial score (nSPS) is 15.5. The zero-order valence-electron chi connectivity index (χ0n) is 20.3. The molecule has 0 radical (unpaired) electrons. The summed E-state index contributed by atoms with van der Waals surface area (Å²) in [4.78, 5) is 19.9. The molecule has 1 aliphatic rings. The number of aromatic nitrogens is 2. The molecule has 0 aliphatic carbocycles. The maximum absolute atomic E-state index is 13.2. The molecule has 0 spiro atoms. The van der Waals surface area contributed by atoms with Gasteiger partial charge in [0.15, 0.2) is 0 Å². The predicted molar refractivity (Wildman–Crippen MR) is 141 cm³/mol. The number of aryl methyl sites for hydroxylation is 1. The summed E-state index contributed by atoms with van der Waals surface area (Å²) >= 11 is 6.22. The van der Waals surface area contributed by atoms with Crippen molar-refractivity contribution in [2.45, 2.75) is 25.3 Å².